The zero-order valence-electron chi connectivity index (χ0n) is 12.9. The van der Waals surface area contributed by atoms with Gasteiger partial charge in [-0.1, -0.05) is 41.0 Å². The van der Waals surface area contributed by atoms with Gasteiger partial charge in [0, 0.05) is 6.54 Å². The highest BCUT2D eigenvalue weighted by Gasteiger charge is 2.39. The second-order valence-corrected chi connectivity index (χ2v) is 6.91. The molecular formula is C16H33N. The molecule has 0 aromatic heterocycles. The van der Waals surface area contributed by atoms with Crippen LogP contribution in [0.4, 0.5) is 0 Å². The molecule has 0 N–H and O–H groups in total. The van der Waals surface area contributed by atoms with E-state index in [1.54, 1.807) is 0 Å². The first kappa shape index (κ1) is 15.0. The van der Waals surface area contributed by atoms with E-state index in [2.05, 4.69) is 46.6 Å². The summed E-state index contributed by atoms with van der Waals surface area (Å²) in [6.07, 6.45) is 5.72. The van der Waals surface area contributed by atoms with Crippen LogP contribution in [-0.2, 0) is 0 Å². The van der Waals surface area contributed by atoms with Crippen LogP contribution in [0.25, 0.3) is 0 Å². The van der Waals surface area contributed by atoms with Crippen LogP contribution >= 0.6 is 0 Å². The lowest BCUT2D eigenvalue weighted by atomic mass is 9.78. The molecule has 0 spiro atoms. The summed E-state index contributed by atoms with van der Waals surface area (Å²) in [5.74, 6) is 2.76. The molecule has 0 radical (unpaired) electrons. The van der Waals surface area contributed by atoms with E-state index in [-0.39, 0.29) is 0 Å². The van der Waals surface area contributed by atoms with Gasteiger partial charge >= 0.3 is 0 Å². The van der Waals surface area contributed by atoms with E-state index in [1.165, 1.54) is 38.8 Å². The van der Waals surface area contributed by atoms with Crippen molar-refractivity contribution < 1.29 is 0 Å². The van der Waals surface area contributed by atoms with E-state index in [4.69, 9.17) is 0 Å². The molecule has 4 unspecified atom stereocenters. The molecule has 17 heavy (non-hydrogen) atoms. The lowest BCUT2D eigenvalue weighted by molar-refractivity contribution is 0.226. The Morgan fingerprint density at radius 3 is 2.47 bits per heavy atom. The Labute approximate surface area is 109 Å². The average Bonchev–Trinajstić information content (AvgIpc) is 2.54. The molecule has 0 aliphatic heterocycles. The molecule has 1 fully saturated rings. The van der Waals surface area contributed by atoms with Crippen molar-refractivity contribution in [3.05, 3.63) is 0 Å². The second kappa shape index (κ2) is 6.22. The minimum Gasteiger partial charge on any atom is -0.306 e. The first-order valence-electron chi connectivity index (χ1n) is 7.59. The van der Waals surface area contributed by atoms with Gasteiger partial charge in [-0.3, -0.25) is 0 Å². The van der Waals surface area contributed by atoms with Crippen LogP contribution < -0.4 is 0 Å². The molecular weight excluding hydrogens is 206 g/mol. The molecule has 0 amide bonds. The van der Waals surface area contributed by atoms with Crippen molar-refractivity contribution in [2.75, 3.05) is 20.1 Å². The maximum absolute atomic E-state index is 2.50. The molecule has 1 aliphatic carbocycles. The van der Waals surface area contributed by atoms with Crippen LogP contribution in [0.5, 0.6) is 0 Å². The Kier molecular flexibility index (Phi) is 5.50. The zero-order valence-corrected chi connectivity index (χ0v) is 12.9. The van der Waals surface area contributed by atoms with Crippen LogP contribution in [0, 0.1) is 23.2 Å². The number of hydrogen-bond donors (Lipinski definition) is 0. The van der Waals surface area contributed by atoms with Gasteiger partial charge in [0.1, 0.15) is 0 Å². The predicted molar refractivity (Wildman–Crippen MR) is 77.2 cm³/mol. The predicted octanol–water partition coefficient (Wildman–Crippen LogP) is 4.43. The zero-order chi connectivity index (χ0) is 13.1. The maximum Gasteiger partial charge on any atom is 0.000395 e. The van der Waals surface area contributed by atoms with Crippen molar-refractivity contribution in [3.8, 4) is 0 Å². The summed E-state index contributed by atoms with van der Waals surface area (Å²) in [5, 5.41) is 0. The van der Waals surface area contributed by atoms with E-state index >= 15 is 0 Å². The first-order chi connectivity index (χ1) is 7.91. The van der Waals surface area contributed by atoms with Gasteiger partial charge < -0.3 is 4.90 Å². The van der Waals surface area contributed by atoms with Crippen LogP contribution in [0.3, 0.4) is 0 Å². The van der Waals surface area contributed by atoms with Crippen molar-refractivity contribution in [3.63, 3.8) is 0 Å². The van der Waals surface area contributed by atoms with Crippen molar-refractivity contribution in [2.24, 2.45) is 23.2 Å². The number of rotatable bonds is 6. The highest BCUT2D eigenvalue weighted by Crippen LogP contribution is 2.50. The third-order valence-corrected chi connectivity index (χ3v) is 5.34. The Balaban J connectivity index is 2.39. The largest absolute Gasteiger partial charge is 0.306 e. The molecule has 0 aromatic carbocycles. The monoisotopic (exact) mass is 239 g/mol. The Morgan fingerprint density at radius 1 is 1.35 bits per heavy atom. The fourth-order valence-corrected chi connectivity index (χ4v) is 3.71. The summed E-state index contributed by atoms with van der Waals surface area (Å²) in [5.41, 5.74) is 0.626. The summed E-state index contributed by atoms with van der Waals surface area (Å²) < 4.78 is 0. The Bertz CT molecular complexity index is 226. The Hall–Kier alpha value is -0.0400. The highest BCUT2D eigenvalue weighted by molar-refractivity contribution is 4.90. The topological polar surface area (TPSA) is 3.24 Å². The van der Waals surface area contributed by atoms with Crippen molar-refractivity contribution in [1.29, 1.82) is 0 Å². The maximum atomic E-state index is 2.50. The summed E-state index contributed by atoms with van der Waals surface area (Å²) in [6.45, 7) is 14.5. The molecule has 0 saturated heterocycles. The summed E-state index contributed by atoms with van der Waals surface area (Å²) >= 11 is 0. The molecule has 1 rings (SSSR count). The molecule has 102 valence electrons. The van der Waals surface area contributed by atoms with Gasteiger partial charge in [-0.05, 0) is 56.0 Å². The highest BCUT2D eigenvalue weighted by atomic mass is 15.1. The van der Waals surface area contributed by atoms with Gasteiger partial charge in [-0.25, -0.2) is 0 Å². The molecule has 0 aromatic rings. The smallest absolute Gasteiger partial charge is 0.000395 e. The fraction of sp³-hybridized carbons (Fsp3) is 1.00. The van der Waals surface area contributed by atoms with E-state index in [1.807, 2.05) is 0 Å². The minimum absolute atomic E-state index is 0.626. The summed E-state index contributed by atoms with van der Waals surface area (Å²) in [7, 11) is 2.24. The molecule has 1 nitrogen and oxygen atoms in total. The molecule has 4 atom stereocenters. The summed E-state index contributed by atoms with van der Waals surface area (Å²) in [6, 6.07) is 0. The van der Waals surface area contributed by atoms with Gasteiger partial charge in [0.2, 0.25) is 0 Å². The molecule has 1 saturated carbocycles. The van der Waals surface area contributed by atoms with Crippen LogP contribution in [0.15, 0.2) is 0 Å². The van der Waals surface area contributed by atoms with Crippen LogP contribution in [0.1, 0.15) is 60.3 Å². The number of nitrogens with zero attached hydrogens (tertiary/aromatic N) is 1. The SMILES string of the molecule is CCN(C)CC(C)CC1CC(C)C(C)(CC)C1. The van der Waals surface area contributed by atoms with Gasteiger partial charge in [0.25, 0.3) is 0 Å². The van der Waals surface area contributed by atoms with Crippen molar-refractivity contribution in [2.45, 2.75) is 60.3 Å². The standard InChI is InChI=1S/C16H33N/c1-7-16(5)11-15(10-14(16)4)9-13(3)12-17(6)8-2/h13-15H,7-12H2,1-6H3. The fourth-order valence-electron chi connectivity index (χ4n) is 3.71. The van der Waals surface area contributed by atoms with E-state index in [9.17, 15) is 0 Å². The molecule has 0 heterocycles. The Morgan fingerprint density at radius 2 is 2.00 bits per heavy atom. The second-order valence-electron chi connectivity index (χ2n) is 6.91. The summed E-state index contributed by atoms with van der Waals surface area (Å²) in [4.78, 5) is 2.45. The lowest BCUT2D eigenvalue weighted by Gasteiger charge is -2.27. The van der Waals surface area contributed by atoms with Gasteiger partial charge in [-0.2, -0.15) is 0 Å². The quantitative estimate of drug-likeness (QED) is 0.663. The van der Waals surface area contributed by atoms with E-state index < -0.39 is 0 Å². The normalized spacial score (nSPS) is 35.5. The van der Waals surface area contributed by atoms with Gasteiger partial charge in [-0.15, -0.1) is 0 Å². The molecule has 1 heteroatoms. The van der Waals surface area contributed by atoms with Crippen LogP contribution in [0.2, 0.25) is 0 Å². The van der Waals surface area contributed by atoms with Crippen LogP contribution in [-0.4, -0.2) is 25.0 Å². The van der Waals surface area contributed by atoms with Gasteiger partial charge in [0.15, 0.2) is 0 Å². The lowest BCUT2D eigenvalue weighted by Crippen LogP contribution is -2.25. The number of hydrogen-bond acceptors (Lipinski definition) is 1. The van der Waals surface area contributed by atoms with E-state index in [0.717, 1.165) is 17.8 Å². The first-order valence-corrected chi connectivity index (χ1v) is 7.59. The van der Waals surface area contributed by atoms with Crippen molar-refractivity contribution in [1.82, 2.24) is 4.90 Å². The van der Waals surface area contributed by atoms with Gasteiger partial charge in [0.05, 0.1) is 0 Å². The van der Waals surface area contributed by atoms with Crippen molar-refractivity contribution >= 4 is 0 Å². The third-order valence-electron chi connectivity index (χ3n) is 5.34. The molecule has 0 bridgehead atoms. The average molecular weight is 239 g/mol. The van der Waals surface area contributed by atoms with E-state index in [0.29, 0.717) is 5.41 Å². The molecule has 1 aliphatic rings. The minimum atomic E-state index is 0.626. The third kappa shape index (κ3) is 3.98.